The number of hydrogen-bond acceptors (Lipinski definition) is 4. The normalized spacial score (nSPS) is 11.9. The molecule has 7 heteroatoms. The SMILES string of the molecule is N=C(NN)NCCCC[C@H](N)C(=O)O. The monoisotopic (exact) mass is 203 g/mol. The van der Waals surface area contributed by atoms with Gasteiger partial charge in [-0.3, -0.25) is 15.6 Å². The Kier molecular flexibility index (Phi) is 6.42. The van der Waals surface area contributed by atoms with Crippen LogP contribution in [0.25, 0.3) is 0 Å². The minimum Gasteiger partial charge on any atom is -0.480 e. The fourth-order valence-electron chi connectivity index (χ4n) is 0.877. The Bertz CT molecular complexity index is 197. The molecule has 0 amide bonds. The predicted molar refractivity (Wildman–Crippen MR) is 52.5 cm³/mol. The van der Waals surface area contributed by atoms with Crippen LogP contribution < -0.4 is 22.3 Å². The Morgan fingerprint density at radius 2 is 2.14 bits per heavy atom. The summed E-state index contributed by atoms with van der Waals surface area (Å²) in [5.74, 6) is 4.01. The summed E-state index contributed by atoms with van der Waals surface area (Å²) in [6.07, 6.45) is 1.91. The highest BCUT2D eigenvalue weighted by Crippen LogP contribution is 1.97. The lowest BCUT2D eigenvalue weighted by Gasteiger charge is -2.07. The van der Waals surface area contributed by atoms with Gasteiger partial charge in [0.05, 0.1) is 0 Å². The molecule has 14 heavy (non-hydrogen) atoms. The second-order valence-electron chi connectivity index (χ2n) is 2.89. The van der Waals surface area contributed by atoms with Gasteiger partial charge in [-0.1, -0.05) is 0 Å². The molecule has 0 fully saturated rings. The van der Waals surface area contributed by atoms with Crippen LogP contribution in [0, 0.1) is 5.41 Å². The molecular weight excluding hydrogens is 186 g/mol. The van der Waals surface area contributed by atoms with Gasteiger partial charge >= 0.3 is 5.97 Å². The summed E-state index contributed by atoms with van der Waals surface area (Å²) in [6, 6.07) is -0.790. The van der Waals surface area contributed by atoms with E-state index in [4.69, 9.17) is 22.1 Å². The van der Waals surface area contributed by atoms with E-state index in [1.54, 1.807) is 0 Å². The third kappa shape index (κ3) is 6.21. The van der Waals surface area contributed by atoms with Crippen LogP contribution in [0.5, 0.6) is 0 Å². The van der Waals surface area contributed by atoms with Gasteiger partial charge in [0, 0.05) is 6.54 Å². The van der Waals surface area contributed by atoms with Crippen LogP contribution >= 0.6 is 0 Å². The van der Waals surface area contributed by atoms with E-state index in [0.717, 1.165) is 6.42 Å². The van der Waals surface area contributed by atoms with Gasteiger partial charge in [0.15, 0.2) is 0 Å². The van der Waals surface area contributed by atoms with Gasteiger partial charge in [-0.15, -0.1) is 0 Å². The quantitative estimate of drug-likeness (QED) is 0.103. The Hall–Kier alpha value is -1.34. The molecule has 82 valence electrons. The molecule has 1 atom stereocenters. The summed E-state index contributed by atoms with van der Waals surface area (Å²) in [4.78, 5) is 10.3. The summed E-state index contributed by atoms with van der Waals surface area (Å²) < 4.78 is 0. The summed E-state index contributed by atoms with van der Waals surface area (Å²) in [7, 11) is 0. The topological polar surface area (TPSA) is 137 Å². The van der Waals surface area contributed by atoms with Crippen molar-refractivity contribution in [1.29, 1.82) is 5.41 Å². The number of nitrogens with two attached hydrogens (primary N) is 2. The molecule has 0 spiro atoms. The standard InChI is InChI=1S/C7H17N5O2/c8-5(6(13)14)3-1-2-4-11-7(9)12-10/h5H,1-4,8,10H2,(H,13,14)(H3,9,11,12)/t5-/m0/s1. The third-order valence-corrected chi connectivity index (χ3v) is 1.71. The summed E-state index contributed by atoms with van der Waals surface area (Å²) in [5.41, 5.74) is 7.43. The average Bonchev–Trinajstić information content (AvgIpc) is 2.16. The smallest absolute Gasteiger partial charge is 0.320 e. The summed E-state index contributed by atoms with van der Waals surface area (Å²) >= 11 is 0. The van der Waals surface area contributed by atoms with Gasteiger partial charge < -0.3 is 16.2 Å². The molecule has 0 aromatic carbocycles. The molecule has 0 rings (SSSR count). The molecule has 8 N–H and O–H groups in total. The van der Waals surface area contributed by atoms with Crippen molar-refractivity contribution in [3.8, 4) is 0 Å². The number of hydrogen-bond donors (Lipinski definition) is 6. The zero-order valence-electron chi connectivity index (χ0n) is 7.92. The molecular formula is C7H17N5O2. The largest absolute Gasteiger partial charge is 0.480 e. The Balaban J connectivity index is 3.30. The van der Waals surface area contributed by atoms with Crippen LogP contribution in [0.3, 0.4) is 0 Å². The first-order valence-corrected chi connectivity index (χ1v) is 4.35. The molecule has 0 saturated heterocycles. The zero-order chi connectivity index (χ0) is 11.0. The van der Waals surface area contributed by atoms with Crippen molar-refractivity contribution in [3.05, 3.63) is 0 Å². The van der Waals surface area contributed by atoms with E-state index in [0.29, 0.717) is 19.4 Å². The molecule has 0 aromatic rings. The highest BCUT2D eigenvalue weighted by Gasteiger charge is 2.09. The van der Waals surface area contributed by atoms with Gasteiger partial charge in [-0.2, -0.15) is 0 Å². The van der Waals surface area contributed by atoms with E-state index < -0.39 is 12.0 Å². The predicted octanol–water partition coefficient (Wildman–Crippen LogP) is -1.44. The van der Waals surface area contributed by atoms with Crippen LogP contribution in [0.15, 0.2) is 0 Å². The summed E-state index contributed by atoms with van der Waals surface area (Å²) in [6.45, 7) is 0.579. The lowest BCUT2D eigenvalue weighted by atomic mass is 10.1. The number of hydrazine groups is 1. The maximum Gasteiger partial charge on any atom is 0.320 e. The van der Waals surface area contributed by atoms with Crippen LogP contribution in [0.1, 0.15) is 19.3 Å². The first-order valence-electron chi connectivity index (χ1n) is 4.35. The van der Waals surface area contributed by atoms with Crippen molar-refractivity contribution in [2.75, 3.05) is 6.54 Å². The Morgan fingerprint density at radius 3 is 2.64 bits per heavy atom. The zero-order valence-corrected chi connectivity index (χ0v) is 7.92. The molecule has 0 bridgehead atoms. The number of nitrogens with one attached hydrogen (secondary N) is 3. The lowest BCUT2D eigenvalue weighted by molar-refractivity contribution is -0.138. The number of rotatable bonds is 6. The molecule has 0 aromatic heterocycles. The van der Waals surface area contributed by atoms with Crippen molar-refractivity contribution in [1.82, 2.24) is 10.7 Å². The van der Waals surface area contributed by atoms with Crippen molar-refractivity contribution in [2.24, 2.45) is 11.6 Å². The van der Waals surface area contributed by atoms with E-state index >= 15 is 0 Å². The van der Waals surface area contributed by atoms with Crippen LogP contribution in [0.4, 0.5) is 0 Å². The highest BCUT2D eigenvalue weighted by atomic mass is 16.4. The lowest BCUT2D eigenvalue weighted by Crippen LogP contribution is -2.41. The maximum absolute atomic E-state index is 10.3. The molecule has 0 radical (unpaired) electrons. The minimum absolute atomic E-state index is 0.0486. The van der Waals surface area contributed by atoms with Gasteiger partial charge in [-0.05, 0) is 19.3 Å². The minimum atomic E-state index is -0.977. The Labute approximate surface area is 82.3 Å². The first kappa shape index (κ1) is 12.7. The van der Waals surface area contributed by atoms with Crippen molar-refractivity contribution < 1.29 is 9.90 Å². The highest BCUT2D eigenvalue weighted by molar-refractivity contribution is 5.75. The fourth-order valence-corrected chi connectivity index (χ4v) is 0.877. The molecule has 0 saturated carbocycles. The van der Waals surface area contributed by atoms with Crippen LogP contribution in [-0.4, -0.2) is 29.6 Å². The van der Waals surface area contributed by atoms with Crippen LogP contribution in [-0.2, 0) is 4.79 Å². The number of unbranched alkanes of at least 4 members (excludes halogenated alkanes) is 1. The van der Waals surface area contributed by atoms with E-state index in [1.165, 1.54) is 0 Å². The van der Waals surface area contributed by atoms with Gasteiger partial charge in [0.2, 0.25) is 5.96 Å². The van der Waals surface area contributed by atoms with Crippen molar-refractivity contribution in [3.63, 3.8) is 0 Å². The molecule has 0 heterocycles. The maximum atomic E-state index is 10.3. The number of carboxylic acids is 1. The summed E-state index contributed by atoms with van der Waals surface area (Å²) in [5, 5.41) is 18.2. The van der Waals surface area contributed by atoms with E-state index in [9.17, 15) is 4.79 Å². The van der Waals surface area contributed by atoms with E-state index in [-0.39, 0.29) is 5.96 Å². The van der Waals surface area contributed by atoms with Crippen molar-refractivity contribution in [2.45, 2.75) is 25.3 Å². The van der Waals surface area contributed by atoms with Crippen LogP contribution in [0.2, 0.25) is 0 Å². The van der Waals surface area contributed by atoms with E-state index in [2.05, 4.69) is 10.7 Å². The molecule has 7 nitrogen and oxygen atoms in total. The average molecular weight is 203 g/mol. The number of guanidine groups is 1. The fraction of sp³-hybridized carbons (Fsp3) is 0.714. The number of carbonyl (C=O) groups is 1. The van der Waals surface area contributed by atoms with Gasteiger partial charge in [0.25, 0.3) is 0 Å². The first-order chi connectivity index (χ1) is 6.57. The van der Waals surface area contributed by atoms with Gasteiger partial charge in [0.1, 0.15) is 6.04 Å². The van der Waals surface area contributed by atoms with E-state index in [1.807, 2.05) is 0 Å². The Morgan fingerprint density at radius 1 is 1.50 bits per heavy atom. The van der Waals surface area contributed by atoms with Crippen molar-refractivity contribution >= 4 is 11.9 Å². The molecule has 0 aliphatic rings. The van der Waals surface area contributed by atoms with Gasteiger partial charge in [-0.25, -0.2) is 5.84 Å². The molecule has 0 aliphatic carbocycles. The number of aliphatic carboxylic acids is 1. The number of carboxylic acid groups (broad SMARTS) is 1. The second-order valence-corrected chi connectivity index (χ2v) is 2.89. The molecule has 0 aliphatic heterocycles. The second kappa shape index (κ2) is 7.10. The molecule has 0 unspecified atom stereocenters. The third-order valence-electron chi connectivity index (χ3n) is 1.71.